The lowest BCUT2D eigenvalue weighted by Crippen LogP contribution is -1.75. The molecule has 0 atom stereocenters. The predicted octanol–water partition coefficient (Wildman–Crippen LogP) is 2.36. The Balaban J connectivity index is 3.31. The minimum absolute atomic E-state index is 0.00519. The molecule has 0 aliphatic rings. The Morgan fingerprint density at radius 1 is 1.20 bits per heavy atom. The molecular weight excluding hydrogens is 266 g/mol. The number of rotatable bonds is 0. The van der Waals surface area contributed by atoms with Gasteiger partial charge in [-0.25, -0.2) is 0 Å². The molecule has 2 nitrogen and oxygen atoms in total. The maximum absolute atomic E-state index is 9.03. The lowest BCUT2D eigenvalue weighted by molar-refractivity contribution is 0.444. The highest BCUT2D eigenvalue weighted by atomic mass is 127. The van der Waals surface area contributed by atoms with Crippen LogP contribution in [0.25, 0.3) is 0 Å². The van der Waals surface area contributed by atoms with E-state index in [2.05, 4.69) is 0 Å². The first-order chi connectivity index (χ1) is 4.61. The van der Waals surface area contributed by atoms with Crippen LogP contribution in [0.15, 0.2) is 12.1 Å². The van der Waals surface area contributed by atoms with E-state index in [0.717, 1.165) is 0 Å². The van der Waals surface area contributed by atoms with E-state index in [1.54, 1.807) is 0 Å². The molecule has 0 amide bonds. The Labute approximate surface area is 76.6 Å². The molecule has 0 unspecified atom stereocenters. The Bertz CT molecular complexity index is 239. The molecule has 4 heteroatoms. The maximum atomic E-state index is 9.03. The van der Waals surface area contributed by atoms with Gasteiger partial charge in [-0.15, -0.1) is 0 Å². The molecule has 0 radical (unpaired) electrons. The summed E-state index contributed by atoms with van der Waals surface area (Å²) in [6.45, 7) is 0. The standard InChI is InChI=1S/C6H4ClIO2/c7-3-1-4(9)6(8)5(10)2-3/h1-2,9-10H. The van der Waals surface area contributed by atoms with Gasteiger partial charge in [-0.05, 0) is 34.7 Å². The smallest absolute Gasteiger partial charge is 0.134 e. The second-order valence-electron chi connectivity index (χ2n) is 1.76. The van der Waals surface area contributed by atoms with E-state index in [9.17, 15) is 0 Å². The molecule has 1 rings (SSSR count). The summed E-state index contributed by atoms with van der Waals surface area (Å²) >= 11 is 7.33. The van der Waals surface area contributed by atoms with Gasteiger partial charge in [0.2, 0.25) is 0 Å². The van der Waals surface area contributed by atoms with Crippen LogP contribution in [0.4, 0.5) is 0 Å². The normalized spacial score (nSPS) is 9.80. The van der Waals surface area contributed by atoms with Crippen LogP contribution >= 0.6 is 34.2 Å². The summed E-state index contributed by atoms with van der Waals surface area (Å²) in [5, 5.41) is 18.4. The fourth-order valence-corrected chi connectivity index (χ4v) is 1.08. The minimum Gasteiger partial charge on any atom is -0.507 e. The minimum atomic E-state index is 0.00519. The van der Waals surface area contributed by atoms with Crippen molar-refractivity contribution in [2.75, 3.05) is 0 Å². The molecule has 0 heterocycles. The van der Waals surface area contributed by atoms with Gasteiger partial charge < -0.3 is 10.2 Å². The van der Waals surface area contributed by atoms with Crippen molar-refractivity contribution >= 4 is 34.2 Å². The van der Waals surface area contributed by atoms with E-state index in [0.29, 0.717) is 8.59 Å². The highest BCUT2D eigenvalue weighted by Crippen LogP contribution is 2.31. The van der Waals surface area contributed by atoms with Crippen LogP contribution in [0.2, 0.25) is 5.02 Å². The van der Waals surface area contributed by atoms with Gasteiger partial charge >= 0.3 is 0 Å². The van der Waals surface area contributed by atoms with Crippen LogP contribution in [0, 0.1) is 3.57 Å². The first kappa shape index (κ1) is 7.94. The molecule has 0 bridgehead atoms. The van der Waals surface area contributed by atoms with E-state index in [1.807, 2.05) is 22.6 Å². The number of hydrogen-bond acceptors (Lipinski definition) is 2. The summed E-state index contributed by atoms with van der Waals surface area (Å²) in [7, 11) is 0. The summed E-state index contributed by atoms with van der Waals surface area (Å²) in [6.07, 6.45) is 0. The van der Waals surface area contributed by atoms with Gasteiger partial charge in [0.05, 0.1) is 3.57 Å². The molecule has 0 aromatic heterocycles. The third-order valence-corrected chi connectivity index (χ3v) is 2.32. The topological polar surface area (TPSA) is 40.5 Å². The first-order valence-corrected chi connectivity index (χ1v) is 3.94. The summed E-state index contributed by atoms with van der Waals surface area (Å²) in [5.41, 5.74) is 0. The van der Waals surface area contributed by atoms with Crippen LogP contribution in [-0.2, 0) is 0 Å². The van der Waals surface area contributed by atoms with E-state index in [-0.39, 0.29) is 11.5 Å². The van der Waals surface area contributed by atoms with Gasteiger partial charge in [-0.3, -0.25) is 0 Å². The number of halogens is 2. The average molecular weight is 270 g/mol. The molecule has 1 aromatic carbocycles. The highest BCUT2D eigenvalue weighted by Gasteiger charge is 2.04. The fourth-order valence-electron chi connectivity index (χ4n) is 0.561. The molecule has 0 saturated heterocycles. The van der Waals surface area contributed by atoms with Gasteiger partial charge in [0, 0.05) is 5.02 Å². The molecular formula is C6H4ClIO2. The number of hydrogen-bond donors (Lipinski definition) is 2. The SMILES string of the molecule is Oc1cc(Cl)cc(O)c1I. The van der Waals surface area contributed by atoms with Crippen molar-refractivity contribution in [1.82, 2.24) is 0 Å². The largest absolute Gasteiger partial charge is 0.507 e. The zero-order chi connectivity index (χ0) is 7.72. The summed E-state index contributed by atoms with van der Waals surface area (Å²) in [4.78, 5) is 0. The quantitative estimate of drug-likeness (QED) is 0.711. The average Bonchev–Trinajstić information content (AvgIpc) is 1.82. The number of phenolic OH excluding ortho intramolecular Hbond substituents is 2. The Kier molecular flexibility index (Phi) is 2.25. The highest BCUT2D eigenvalue weighted by molar-refractivity contribution is 14.1. The molecule has 1 aromatic rings. The van der Waals surface area contributed by atoms with Gasteiger partial charge in [0.25, 0.3) is 0 Å². The third-order valence-electron chi connectivity index (χ3n) is 0.999. The van der Waals surface area contributed by atoms with Crippen molar-refractivity contribution in [1.29, 1.82) is 0 Å². The van der Waals surface area contributed by atoms with Crippen molar-refractivity contribution in [3.8, 4) is 11.5 Å². The Morgan fingerprint density at radius 3 is 2.00 bits per heavy atom. The van der Waals surface area contributed by atoms with Crippen LogP contribution in [-0.4, -0.2) is 10.2 Å². The van der Waals surface area contributed by atoms with Crippen molar-refractivity contribution in [2.45, 2.75) is 0 Å². The Hall–Kier alpha value is -0.160. The van der Waals surface area contributed by atoms with E-state index < -0.39 is 0 Å². The molecule has 0 aliphatic heterocycles. The lowest BCUT2D eigenvalue weighted by atomic mass is 10.3. The van der Waals surface area contributed by atoms with Gasteiger partial charge in [-0.1, -0.05) is 11.6 Å². The zero-order valence-electron chi connectivity index (χ0n) is 4.81. The van der Waals surface area contributed by atoms with Crippen molar-refractivity contribution in [2.24, 2.45) is 0 Å². The maximum Gasteiger partial charge on any atom is 0.134 e. The molecule has 0 spiro atoms. The molecule has 54 valence electrons. The fraction of sp³-hybridized carbons (Fsp3) is 0. The van der Waals surface area contributed by atoms with Crippen LogP contribution in [0.3, 0.4) is 0 Å². The monoisotopic (exact) mass is 270 g/mol. The van der Waals surface area contributed by atoms with E-state index in [4.69, 9.17) is 21.8 Å². The number of phenols is 2. The lowest BCUT2D eigenvalue weighted by Gasteiger charge is -1.99. The van der Waals surface area contributed by atoms with Crippen molar-refractivity contribution in [3.05, 3.63) is 20.7 Å². The number of benzene rings is 1. The summed E-state index contributed by atoms with van der Waals surface area (Å²) < 4.78 is 0.419. The Morgan fingerprint density at radius 2 is 1.60 bits per heavy atom. The van der Waals surface area contributed by atoms with Gasteiger partial charge in [0.15, 0.2) is 0 Å². The van der Waals surface area contributed by atoms with E-state index >= 15 is 0 Å². The predicted molar refractivity (Wildman–Crippen MR) is 47.5 cm³/mol. The third kappa shape index (κ3) is 1.46. The molecule has 2 N–H and O–H groups in total. The number of aromatic hydroxyl groups is 2. The summed E-state index contributed by atoms with van der Waals surface area (Å²) in [5.74, 6) is 0.0104. The van der Waals surface area contributed by atoms with Crippen LogP contribution in [0.1, 0.15) is 0 Å². The van der Waals surface area contributed by atoms with Crippen LogP contribution in [0.5, 0.6) is 11.5 Å². The van der Waals surface area contributed by atoms with Crippen molar-refractivity contribution in [3.63, 3.8) is 0 Å². The summed E-state index contributed by atoms with van der Waals surface area (Å²) in [6, 6.07) is 2.76. The molecule has 0 fully saturated rings. The van der Waals surface area contributed by atoms with Crippen LogP contribution < -0.4 is 0 Å². The zero-order valence-corrected chi connectivity index (χ0v) is 7.72. The molecule has 10 heavy (non-hydrogen) atoms. The second-order valence-corrected chi connectivity index (χ2v) is 3.27. The van der Waals surface area contributed by atoms with Crippen molar-refractivity contribution < 1.29 is 10.2 Å². The molecule has 0 saturated carbocycles. The molecule has 0 aliphatic carbocycles. The van der Waals surface area contributed by atoms with E-state index in [1.165, 1.54) is 12.1 Å². The van der Waals surface area contributed by atoms with Gasteiger partial charge in [-0.2, -0.15) is 0 Å². The van der Waals surface area contributed by atoms with Gasteiger partial charge in [0.1, 0.15) is 11.5 Å². The first-order valence-electron chi connectivity index (χ1n) is 2.48. The second kappa shape index (κ2) is 2.84.